The van der Waals surface area contributed by atoms with Crippen LogP contribution in [0.2, 0.25) is 0 Å². The zero-order chi connectivity index (χ0) is 27.6. The third-order valence-corrected chi connectivity index (χ3v) is 10.3. The number of ether oxygens (including phenoxy) is 1. The quantitative estimate of drug-likeness (QED) is 0.139. The van der Waals surface area contributed by atoms with Crippen molar-refractivity contribution in [3.8, 4) is 22.9 Å². The number of hydrogen-bond acceptors (Lipinski definition) is 1. The molecule has 196 valence electrons. The molecule has 0 aliphatic carbocycles. The van der Waals surface area contributed by atoms with E-state index in [9.17, 15) is 0 Å². The minimum Gasteiger partial charge on any atom is -0.422 e. The van der Waals surface area contributed by atoms with E-state index in [0.29, 0.717) is 0 Å². The van der Waals surface area contributed by atoms with Gasteiger partial charge in [0.15, 0.2) is 6.20 Å². The second-order valence-electron chi connectivity index (χ2n) is 12.1. The fraction of sp³-hybridized carbons (Fsp3) is 0.0256. The molecule has 4 heteroatoms. The predicted octanol–water partition coefficient (Wildman–Crippen LogP) is 7.98. The van der Waals surface area contributed by atoms with Crippen molar-refractivity contribution in [3.63, 3.8) is 0 Å². The van der Waals surface area contributed by atoms with Gasteiger partial charge in [0.05, 0.1) is 10.9 Å². The van der Waals surface area contributed by atoms with Gasteiger partial charge in [0, 0.05) is 39.7 Å². The van der Waals surface area contributed by atoms with Crippen LogP contribution in [0.4, 0.5) is 0 Å². The molecule has 0 saturated carbocycles. The first-order valence-corrected chi connectivity index (χ1v) is 14.9. The Bertz CT molecular complexity index is 2830. The van der Waals surface area contributed by atoms with Gasteiger partial charge in [-0.3, -0.25) is 0 Å². The van der Waals surface area contributed by atoms with E-state index in [-0.39, 0.29) is 0 Å². The molecular formula is C39H21N3O+2. The van der Waals surface area contributed by atoms with E-state index in [1.165, 1.54) is 82.2 Å². The summed E-state index contributed by atoms with van der Waals surface area (Å²) in [4.78, 5) is 0. The fourth-order valence-corrected chi connectivity index (χ4v) is 8.98. The standard InChI is InChI=1S/C39H21N3O/c1-3-12-24-22(10-1)23-11-2-4-13-25(23)34-33(24)29-19-20-32-42-38(29)41-36(34)26-14-5-6-15-27(26)37(41)39(42)35-28(16-9-18-31(35)43-32)30-17-7-8-21-40(30)39/h1-21H/q+2. The Kier molecular flexibility index (Phi) is 3.26. The van der Waals surface area contributed by atoms with Crippen LogP contribution in [0.5, 0.6) is 11.6 Å². The third-order valence-electron chi connectivity index (χ3n) is 10.3. The van der Waals surface area contributed by atoms with Gasteiger partial charge in [0.25, 0.3) is 5.88 Å². The first kappa shape index (κ1) is 21.0. The molecule has 3 aliphatic rings. The van der Waals surface area contributed by atoms with Crippen LogP contribution in [0, 0.1) is 0 Å². The Hall–Kier alpha value is -5.74. The van der Waals surface area contributed by atoms with E-state index in [1.54, 1.807) is 0 Å². The minimum atomic E-state index is -0.618. The smallest absolute Gasteiger partial charge is 0.407 e. The molecule has 1 atom stereocenters. The van der Waals surface area contributed by atoms with Gasteiger partial charge in [-0.25, -0.2) is 0 Å². The average Bonchev–Trinajstić information content (AvgIpc) is 3.69. The molecule has 3 aliphatic heterocycles. The Morgan fingerprint density at radius 2 is 1.26 bits per heavy atom. The molecule has 4 nitrogen and oxygen atoms in total. The highest BCUT2D eigenvalue weighted by Crippen LogP contribution is 2.55. The molecule has 9 aromatic rings. The van der Waals surface area contributed by atoms with E-state index >= 15 is 0 Å². The summed E-state index contributed by atoms with van der Waals surface area (Å²) in [7, 11) is 0. The Balaban J connectivity index is 1.49. The fourth-order valence-electron chi connectivity index (χ4n) is 8.98. The maximum atomic E-state index is 6.80. The number of aromatic nitrogens is 3. The number of pyridine rings is 3. The first-order chi connectivity index (χ1) is 21.4. The maximum Gasteiger partial charge on any atom is 0.407 e. The predicted molar refractivity (Wildman–Crippen MR) is 169 cm³/mol. The summed E-state index contributed by atoms with van der Waals surface area (Å²) in [6, 6.07) is 44.4. The molecule has 0 bridgehead atoms. The van der Waals surface area contributed by atoms with Gasteiger partial charge in [-0.2, -0.15) is 4.40 Å². The second kappa shape index (κ2) is 6.66. The molecule has 0 radical (unpaired) electrons. The molecular weight excluding hydrogens is 526 g/mol. The summed E-state index contributed by atoms with van der Waals surface area (Å²) in [5.41, 5.74) is 6.74. The highest BCUT2D eigenvalue weighted by molar-refractivity contribution is 6.36. The summed E-state index contributed by atoms with van der Waals surface area (Å²) < 4.78 is 14.4. The van der Waals surface area contributed by atoms with Crippen LogP contribution in [0.25, 0.3) is 70.9 Å². The van der Waals surface area contributed by atoms with Gasteiger partial charge in [-0.1, -0.05) is 66.7 Å². The normalized spacial score (nSPS) is 17.1. The first-order valence-electron chi connectivity index (χ1n) is 14.9. The number of hydrogen-bond donors (Lipinski definition) is 0. The van der Waals surface area contributed by atoms with E-state index < -0.39 is 5.66 Å². The monoisotopic (exact) mass is 547 g/mol. The summed E-state index contributed by atoms with van der Waals surface area (Å²) in [6.07, 6.45) is 2.25. The van der Waals surface area contributed by atoms with Gasteiger partial charge in [-0.05, 0) is 57.9 Å². The molecule has 5 aromatic carbocycles. The van der Waals surface area contributed by atoms with E-state index in [4.69, 9.17) is 4.74 Å². The van der Waals surface area contributed by atoms with Crippen LogP contribution in [0.3, 0.4) is 0 Å². The van der Waals surface area contributed by atoms with E-state index in [1.807, 2.05) is 0 Å². The van der Waals surface area contributed by atoms with Gasteiger partial charge in [-0.15, -0.1) is 9.13 Å². The molecule has 0 N–H and O–H groups in total. The van der Waals surface area contributed by atoms with Crippen molar-refractivity contribution >= 4 is 59.6 Å². The molecule has 43 heavy (non-hydrogen) atoms. The second-order valence-corrected chi connectivity index (χ2v) is 12.1. The topological polar surface area (TPSA) is 21.4 Å². The zero-order valence-corrected chi connectivity index (χ0v) is 22.9. The molecule has 0 saturated heterocycles. The van der Waals surface area contributed by atoms with E-state index in [0.717, 1.165) is 11.6 Å². The summed E-state index contributed by atoms with van der Waals surface area (Å²) in [6.45, 7) is 0. The van der Waals surface area contributed by atoms with Gasteiger partial charge < -0.3 is 4.74 Å². The van der Waals surface area contributed by atoms with Crippen LogP contribution in [0.1, 0.15) is 11.3 Å². The molecule has 4 aromatic heterocycles. The van der Waals surface area contributed by atoms with Gasteiger partial charge in [0.2, 0.25) is 11.4 Å². The molecule has 0 amide bonds. The van der Waals surface area contributed by atoms with Crippen LogP contribution in [0.15, 0.2) is 128 Å². The summed E-state index contributed by atoms with van der Waals surface area (Å²) in [5.74, 6) is 1.78. The Morgan fingerprint density at radius 3 is 2.07 bits per heavy atom. The van der Waals surface area contributed by atoms with Crippen LogP contribution in [-0.4, -0.2) is 4.40 Å². The van der Waals surface area contributed by atoms with Crippen molar-refractivity contribution in [2.75, 3.05) is 0 Å². The Labute approximate surface area is 244 Å². The molecule has 7 heterocycles. The largest absolute Gasteiger partial charge is 0.422 e. The SMILES string of the molecule is c1cc2c3c(c1)-c1cccc[n+]1C31c3c4ccccc4c4c5c6ccccc6c6ccccc6c5c5ccc([n+]1c5n34)O2. The minimum absolute atomic E-state index is 0.618. The Morgan fingerprint density at radius 1 is 0.558 bits per heavy atom. The van der Waals surface area contributed by atoms with Crippen molar-refractivity contribution in [3.05, 3.63) is 139 Å². The zero-order valence-electron chi connectivity index (χ0n) is 22.9. The van der Waals surface area contributed by atoms with Crippen molar-refractivity contribution < 1.29 is 13.9 Å². The van der Waals surface area contributed by atoms with Crippen molar-refractivity contribution in [1.29, 1.82) is 0 Å². The van der Waals surface area contributed by atoms with Crippen molar-refractivity contribution in [2.24, 2.45) is 0 Å². The highest BCUT2D eigenvalue weighted by atomic mass is 16.5. The van der Waals surface area contributed by atoms with Crippen LogP contribution in [-0.2, 0) is 5.66 Å². The molecule has 1 unspecified atom stereocenters. The lowest BCUT2D eigenvalue weighted by Gasteiger charge is -2.26. The third kappa shape index (κ3) is 2.02. The number of nitrogens with zero attached hydrogens (tertiary/aromatic N) is 3. The maximum absolute atomic E-state index is 6.80. The molecule has 12 rings (SSSR count). The van der Waals surface area contributed by atoms with Crippen molar-refractivity contribution in [1.82, 2.24) is 4.40 Å². The van der Waals surface area contributed by atoms with Gasteiger partial charge >= 0.3 is 11.3 Å². The van der Waals surface area contributed by atoms with Crippen LogP contribution >= 0.6 is 0 Å². The van der Waals surface area contributed by atoms with Crippen molar-refractivity contribution in [2.45, 2.75) is 5.66 Å². The van der Waals surface area contributed by atoms with Gasteiger partial charge in [0.1, 0.15) is 16.8 Å². The summed E-state index contributed by atoms with van der Waals surface area (Å²) >= 11 is 0. The summed E-state index contributed by atoms with van der Waals surface area (Å²) in [5, 5.41) is 11.6. The van der Waals surface area contributed by atoms with Crippen LogP contribution < -0.4 is 13.9 Å². The lowest BCUT2D eigenvalue weighted by atomic mass is 9.89. The lowest BCUT2D eigenvalue weighted by Crippen LogP contribution is -2.72. The van der Waals surface area contributed by atoms with E-state index in [2.05, 4.69) is 141 Å². The molecule has 0 fully saturated rings. The number of benzene rings is 5. The molecule has 1 spiro atoms. The average molecular weight is 548 g/mol. The number of rotatable bonds is 0. The number of fused-ring (bicyclic) bond motifs is 13. The lowest BCUT2D eigenvalue weighted by molar-refractivity contribution is -0.952. The highest BCUT2D eigenvalue weighted by Gasteiger charge is 2.70.